The van der Waals surface area contributed by atoms with Gasteiger partial charge in [0.2, 0.25) is 0 Å². The van der Waals surface area contributed by atoms with Gasteiger partial charge in [0.05, 0.1) is 6.10 Å². The Balaban J connectivity index is 4.93. The number of carboxylic acid groups (broad SMARTS) is 1. The molecule has 0 amide bonds. The van der Waals surface area contributed by atoms with Gasteiger partial charge in [0.25, 0.3) is 0 Å². The standard InChI is InChI=1S/C20H38O3Si/c1-8-18(20(21)22)16(6)14-13-15-17(7)19(9-2)23-24(10-3,11-4)12-5/h13,15,17,19H,8-12,14H2,1-7H3,(H,21,22)/t17-,19-/m0/s1. The summed E-state index contributed by atoms with van der Waals surface area (Å²) in [5.74, 6) is -0.440. The maximum absolute atomic E-state index is 11.2. The van der Waals surface area contributed by atoms with Gasteiger partial charge in [0.15, 0.2) is 8.32 Å². The Morgan fingerprint density at radius 3 is 2.04 bits per heavy atom. The van der Waals surface area contributed by atoms with Crippen LogP contribution >= 0.6 is 0 Å². The van der Waals surface area contributed by atoms with Crippen molar-refractivity contribution < 1.29 is 14.3 Å². The molecule has 4 heteroatoms. The van der Waals surface area contributed by atoms with E-state index in [0.717, 1.165) is 12.0 Å². The van der Waals surface area contributed by atoms with Crippen molar-refractivity contribution in [3.8, 4) is 0 Å². The highest BCUT2D eigenvalue weighted by Crippen LogP contribution is 2.27. The molecule has 3 nitrogen and oxygen atoms in total. The van der Waals surface area contributed by atoms with Crippen LogP contribution in [0.3, 0.4) is 0 Å². The Labute approximate surface area is 150 Å². The monoisotopic (exact) mass is 354 g/mol. The zero-order valence-corrected chi connectivity index (χ0v) is 17.8. The van der Waals surface area contributed by atoms with Gasteiger partial charge in [0, 0.05) is 5.57 Å². The Morgan fingerprint density at radius 2 is 1.67 bits per heavy atom. The number of allylic oxidation sites excluding steroid dienone is 2. The first-order valence-corrected chi connectivity index (χ1v) is 12.1. The molecule has 0 aromatic rings. The molecule has 0 saturated heterocycles. The number of rotatable bonds is 12. The Bertz CT molecular complexity index is 428. The lowest BCUT2D eigenvalue weighted by molar-refractivity contribution is -0.132. The third-order valence-electron chi connectivity index (χ3n) is 5.31. The van der Waals surface area contributed by atoms with Crippen LogP contribution < -0.4 is 0 Å². The summed E-state index contributed by atoms with van der Waals surface area (Å²) >= 11 is 0. The van der Waals surface area contributed by atoms with Crippen molar-refractivity contribution >= 4 is 14.3 Å². The van der Waals surface area contributed by atoms with Gasteiger partial charge < -0.3 is 9.53 Å². The third kappa shape index (κ3) is 6.94. The first-order chi connectivity index (χ1) is 11.3. The minimum atomic E-state index is -1.58. The summed E-state index contributed by atoms with van der Waals surface area (Å²) in [5, 5.41) is 9.19. The van der Waals surface area contributed by atoms with Crippen LogP contribution in [0.25, 0.3) is 0 Å². The van der Waals surface area contributed by atoms with Gasteiger partial charge in [0.1, 0.15) is 0 Å². The molecule has 0 aromatic heterocycles. The molecule has 0 radical (unpaired) electrons. The first-order valence-electron chi connectivity index (χ1n) is 9.56. The SMILES string of the molecule is CCC(C(=O)O)=C(C)CC=C[C@H](C)[C@H](CC)O[Si](CC)(CC)CC. The summed E-state index contributed by atoms with van der Waals surface area (Å²) in [6.45, 7) is 15.0. The van der Waals surface area contributed by atoms with Crippen LogP contribution in [-0.4, -0.2) is 25.5 Å². The summed E-state index contributed by atoms with van der Waals surface area (Å²) in [6, 6.07) is 3.52. The van der Waals surface area contributed by atoms with Crippen molar-refractivity contribution in [3.05, 3.63) is 23.3 Å². The molecule has 0 aromatic carbocycles. The Morgan fingerprint density at radius 1 is 1.12 bits per heavy atom. The van der Waals surface area contributed by atoms with Crippen LogP contribution in [0.15, 0.2) is 23.3 Å². The number of carboxylic acids is 1. The number of hydrogen-bond donors (Lipinski definition) is 1. The molecule has 0 aliphatic heterocycles. The minimum absolute atomic E-state index is 0.266. The number of hydrogen-bond acceptors (Lipinski definition) is 2. The highest BCUT2D eigenvalue weighted by molar-refractivity contribution is 6.73. The molecule has 0 rings (SSSR count). The quantitative estimate of drug-likeness (QED) is 0.258. The topological polar surface area (TPSA) is 46.5 Å². The fraction of sp³-hybridized carbons (Fsp3) is 0.750. The van der Waals surface area contributed by atoms with E-state index in [1.54, 1.807) is 0 Å². The molecule has 140 valence electrons. The zero-order chi connectivity index (χ0) is 18.8. The lowest BCUT2D eigenvalue weighted by Gasteiger charge is -2.35. The average Bonchev–Trinajstić information content (AvgIpc) is 2.57. The summed E-state index contributed by atoms with van der Waals surface area (Å²) in [7, 11) is -1.58. The maximum atomic E-state index is 11.2. The molecule has 2 atom stereocenters. The third-order valence-corrected chi connectivity index (χ3v) is 9.98. The molecule has 0 saturated carbocycles. The van der Waals surface area contributed by atoms with Gasteiger partial charge in [-0.15, -0.1) is 0 Å². The molecule has 1 N–H and O–H groups in total. The fourth-order valence-electron chi connectivity index (χ4n) is 3.23. The maximum Gasteiger partial charge on any atom is 0.331 e. The summed E-state index contributed by atoms with van der Waals surface area (Å²) in [6.07, 6.45) is 6.87. The van der Waals surface area contributed by atoms with Crippen LogP contribution in [0.5, 0.6) is 0 Å². The van der Waals surface area contributed by atoms with E-state index < -0.39 is 14.3 Å². The Kier molecular flexibility index (Phi) is 11.2. The molecule has 0 unspecified atom stereocenters. The molecule has 24 heavy (non-hydrogen) atoms. The van der Waals surface area contributed by atoms with Crippen molar-refractivity contribution in [1.29, 1.82) is 0 Å². The largest absolute Gasteiger partial charge is 0.478 e. The van der Waals surface area contributed by atoms with Gasteiger partial charge in [-0.25, -0.2) is 4.79 Å². The predicted molar refractivity (Wildman–Crippen MR) is 106 cm³/mol. The fourth-order valence-corrected chi connectivity index (χ4v) is 6.25. The summed E-state index contributed by atoms with van der Waals surface area (Å²) in [4.78, 5) is 11.2. The van der Waals surface area contributed by atoms with Crippen molar-refractivity contribution in [2.75, 3.05) is 0 Å². The smallest absolute Gasteiger partial charge is 0.331 e. The van der Waals surface area contributed by atoms with Crippen molar-refractivity contribution in [2.45, 2.75) is 92.0 Å². The van der Waals surface area contributed by atoms with E-state index >= 15 is 0 Å². The van der Waals surface area contributed by atoms with Gasteiger partial charge in [-0.05, 0) is 50.2 Å². The summed E-state index contributed by atoms with van der Waals surface area (Å²) in [5.41, 5.74) is 1.48. The van der Waals surface area contributed by atoms with Crippen LogP contribution in [-0.2, 0) is 9.22 Å². The molecule has 0 aliphatic rings. The van der Waals surface area contributed by atoms with Crippen LogP contribution in [0.4, 0.5) is 0 Å². The molecule has 0 fully saturated rings. The summed E-state index contributed by atoms with van der Waals surface area (Å²) < 4.78 is 6.64. The van der Waals surface area contributed by atoms with Gasteiger partial charge in [-0.2, -0.15) is 0 Å². The predicted octanol–water partition coefficient (Wildman–Crippen LogP) is 6.18. The normalized spacial score (nSPS) is 16.1. The second-order valence-electron chi connectivity index (χ2n) is 6.72. The lowest BCUT2D eigenvalue weighted by Crippen LogP contribution is -2.41. The van der Waals surface area contributed by atoms with Crippen molar-refractivity contribution in [2.24, 2.45) is 5.92 Å². The van der Waals surface area contributed by atoms with E-state index in [9.17, 15) is 9.90 Å². The van der Waals surface area contributed by atoms with Gasteiger partial charge >= 0.3 is 5.97 Å². The Hall–Kier alpha value is -0.873. The van der Waals surface area contributed by atoms with Crippen LogP contribution in [0, 0.1) is 5.92 Å². The molecule has 0 spiro atoms. The molecule has 0 aliphatic carbocycles. The van der Waals surface area contributed by atoms with E-state index in [1.165, 1.54) is 18.1 Å². The molecular formula is C20H38O3Si. The second kappa shape index (κ2) is 11.6. The molecule has 0 heterocycles. The van der Waals surface area contributed by atoms with E-state index in [1.807, 2.05) is 13.8 Å². The highest BCUT2D eigenvalue weighted by Gasteiger charge is 2.32. The number of aliphatic carboxylic acids is 1. The van der Waals surface area contributed by atoms with E-state index in [2.05, 4.69) is 46.8 Å². The average molecular weight is 355 g/mol. The van der Waals surface area contributed by atoms with Crippen molar-refractivity contribution in [3.63, 3.8) is 0 Å². The highest BCUT2D eigenvalue weighted by atomic mass is 28.4. The van der Waals surface area contributed by atoms with Gasteiger partial charge in [-0.1, -0.05) is 59.3 Å². The van der Waals surface area contributed by atoms with E-state index in [-0.39, 0.29) is 6.10 Å². The molecular weight excluding hydrogens is 316 g/mol. The second-order valence-corrected chi connectivity index (χ2v) is 11.4. The lowest BCUT2D eigenvalue weighted by atomic mass is 9.99. The minimum Gasteiger partial charge on any atom is -0.478 e. The van der Waals surface area contributed by atoms with Crippen molar-refractivity contribution in [1.82, 2.24) is 0 Å². The van der Waals surface area contributed by atoms with Crippen LogP contribution in [0.2, 0.25) is 18.1 Å². The van der Waals surface area contributed by atoms with Gasteiger partial charge in [-0.3, -0.25) is 0 Å². The number of carbonyl (C=O) groups is 1. The van der Waals surface area contributed by atoms with Crippen LogP contribution in [0.1, 0.15) is 67.7 Å². The van der Waals surface area contributed by atoms with E-state index in [0.29, 0.717) is 24.3 Å². The zero-order valence-electron chi connectivity index (χ0n) is 16.8. The first kappa shape index (κ1) is 23.1. The molecule has 0 bridgehead atoms. The van der Waals surface area contributed by atoms with E-state index in [4.69, 9.17) is 4.43 Å².